The summed E-state index contributed by atoms with van der Waals surface area (Å²) in [7, 11) is 0. The van der Waals surface area contributed by atoms with Gasteiger partial charge in [0.05, 0.1) is 10.6 Å². The number of nitrogens with one attached hydrogen (secondary N) is 1. The van der Waals surface area contributed by atoms with E-state index in [0.29, 0.717) is 6.54 Å². The highest BCUT2D eigenvalue weighted by Crippen LogP contribution is 2.33. The predicted octanol–water partition coefficient (Wildman–Crippen LogP) is 3.33. The van der Waals surface area contributed by atoms with Crippen molar-refractivity contribution >= 4 is 17.4 Å². The van der Waals surface area contributed by atoms with Crippen LogP contribution in [0.25, 0.3) is 0 Å². The molecule has 0 bridgehead atoms. The average Bonchev–Trinajstić information content (AvgIpc) is 2.90. The number of halogens is 4. The number of aromatic nitrogens is 4. The Morgan fingerprint density at radius 1 is 1.39 bits per heavy atom. The van der Waals surface area contributed by atoms with Crippen molar-refractivity contribution in [2.75, 3.05) is 5.32 Å². The first-order chi connectivity index (χ1) is 10.9. The lowest BCUT2D eigenvalue weighted by molar-refractivity contribution is -0.137. The SMILES string of the molecule is CCc1nnc2n1C[C@@H](Nc1ncc(C(F)(F)F)cc1Cl)CC2. The van der Waals surface area contributed by atoms with Crippen molar-refractivity contribution in [2.24, 2.45) is 0 Å². The van der Waals surface area contributed by atoms with Gasteiger partial charge in [-0.1, -0.05) is 18.5 Å². The molecule has 1 atom stereocenters. The van der Waals surface area contributed by atoms with Crippen LogP contribution >= 0.6 is 11.6 Å². The van der Waals surface area contributed by atoms with Gasteiger partial charge in [0.2, 0.25) is 0 Å². The maximum Gasteiger partial charge on any atom is 0.417 e. The molecule has 0 saturated heterocycles. The quantitative estimate of drug-likeness (QED) is 0.927. The first kappa shape index (κ1) is 16.0. The summed E-state index contributed by atoms with van der Waals surface area (Å²) in [6.07, 6.45) is -1.34. The summed E-state index contributed by atoms with van der Waals surface area (Å²) < 4.78 is 39.9. The molecule has 3 heterocycles. The van der Waals surface area contributed by atoms with Gasteiger partial charge in [0.1, 0.15) is 17.5 Å². The van der Waals surface area contributed by atoms with E-state index in [1.807, 2.05) is 11.5 Å². The number of anilines is 1. The van der Waals surface area contributed by atoms with E-state index in [-0.39, 0.29) is 16.9 Å². The largest absolute Gasteiger partial charge is 0.417 e. The van der Waals surface area contributed by atoms with Crippen LogP contribution in [0.5, 0.6) is 0 Å². The fourth-order valence-corrected chi connectivity index (χ4v) is 2.88. The molecule has 2 aromatic heterocycles. The van der Waals surface area contributed by atoms with E-state index in [0.717, 1.165) is 43.2 Å². The highest BCUT2D eigenvalue weighted by atomic mass is 35.5. The summed E-state index contributed by atoms with van der Waals surface area (Å²) in [5.41, 5.74) is -0.856. The maximum absolute atomic E-state index is 12.6. The zero-order chi connectivity index (χ0) is 16.6. The highest BCUT2D eigenvalue weighted by molar-refractivity contribution is 6.33. The fraction of sp³-hybridized carbons (Fsp3) is 0.500. The van der Waals surface area contributed by atoms with Crippen LogP contribution in [0.4, 0.5) is 19.0 Å². The molecule has 0 aromatic carbocycles. The average molecular weight is 346 g/mol. The van der Waals surface area contributed by atoms with Crippen LogP contribution in [0.2, 0.25) is 5.02 Å². The van der Waals surface area contributed by atoms with Gasteiger partial charge in [-0.2, -0.15) is 13.2 Å². The molecule has 0 amide bonds. The fourth-order valence-electron chi connectivity index (χ4n) is 2.65. The summed E-state index contributed by atoms with van der Waals surface area (Å²) in [4.78, 5) is 3.82. The van der Waals surface area contributed by atoms with E-state index in [4.69, 9.17) is 11.6 Å². The molecule has 124 valence electrons. The number of fused-ring (bicyclic) bond motifs is 1. The van der Waals surface area contributed by atoms with Gasteiger partial charge < -0.3 is 9.88 Å². The third kappa shape index (κ3) is 3.26. The molecular formula is C14H15ClF3N5. The monoisotopic (exact) mass is 345 g/mol. The van der Waals surface area contributed by atoms with E-state index in [1.165, 1.54) is 0 Å². The summed E-state index contributed by atoms with van der Waals surface area (Å²) >= 11 is 5.94. The minimum atomic E-state index is -4.45. The zero-order valence-electron chi connectivity index (χ0n) is 12.4. The molecule has 1 N–H and O–H groups in total. The normalized spacial score (nSPS) is 17.9. The van der Waals surface area contributed by atoms with Crippen LogP contribution < -0.4 is 5.32 Å². The Hall–Kier alpha value is -1.83. The number of nitrogens with zero attached hydrogens (tertiary/aromatic N) is 4. The van der Waals surface area contributed by atoms with Gasteiger partial charge in [0.15, 0.2) is 0 Å². The van der Waals surface area contributed by atoms with Gasteiger partial charge in [-0.3, -0.25) is 0 Å². The first-order valence-corrected chi connectivity index (χ1v) is 7.66. The third-order valence-corrected chi connectivity index (χ3v) is 4.14. The summed E-state index contributed by atoms with van der Waals surface area (Å²) in [5.74, 6) is 2.10. The van der Waals surface area contributed by atoms with Crippen LogP contribution in [0.1, 0.15) is 30.6 Å². The molecule has 5 nitrogen and oxygen atoms in total. The van der Waals surface area contributed by atoms with Crippen molar-refractivity contribution in [3.8, 4) is 0 Å². The molecule has 1 aliphatic rings. The maximum atomic E-state index is 12.6. The summed E-state index contributed by atoms with van der Waals surface area (Å²) in [6.45, 7) is 2.65. The van der Waals surface area contributed by atoms with Crippen molar-refractivity contribution in [1.29, 1.82) is 0 Å². The molecule has 23 heavy (non-hydrogen) atoms. The molecule has 0 spiro atoms. The van der Waals surface area contributed by atoms with E-state index < -0.39 is 11.7 Å². The second-order valence-corrected chi connectivity index (χ2v) is 5.84. The molecule has 3 rings (SSSR count). The lowest BCUT2D eigenvalue weighted by Crippen LogP contribution is -2.32. The molecule has 0 saturated carbocycles. The van der Waals surface area contributed by atoms with Gasteiger partial charge in [-0.15, -0.1) is 10.2 Å². The Labute approximate surface area is 135 Å². The minimum Gasteiger partial charge on any atom is -0.364 e. The van der Waals surface area contributed by atoms with Crippen molar-refractivity contribution in [3.63, 3.8) is 0 Å². The number of rotatable bonds is 3. The standard InChI is InChI=1S/C14H15ClF3N5/c1-2-11-21-22-12-4-3-9(7-23(11)12)20-13-10(15)5-8(6-19-13)14(16,17)18/h5-6,9H,2-4,7H2,1H3,(H,19,20)/t9-/m0/s1. The molecular weight excluding hydrogens is 331 g/mol. The van der Waals surface area contributed by atoms with E-state index in [9.17, 15) is 13.2 Å². The second-order valence-electron chi connectivity index (χ2n) is 5.43. The predicted molar refractivity (Wildman–Crippen MR) is 79.4 cm³/mol. The Balaban J connectivity index is 1.76. The van der Waals surface area contributed by atoms with Gasteiger partial charge in [0.25, 0.3) is 0 Å². The number of hydrogen-bond acceptors (Lipinski definition) is 4. The lowest BCUT2D eigenvalue weighted by Gasteiger charge is -2.26. The Bertz CT molecular complexity index is 699. The number of aryl methyl sites for hydroxylation is 2. The van der Waals surface area contributed by atoms with E-state index >= 15 is 0 Å². The van der Waals surface area contributed by atoms with Crippen LogP contribution in [-0.2, 0) is 25.6 Å². The Morgan fingerprint density at radius 3 is 2.83 bits per heavy atom. The molecule has 0 fully saturated rings. The number of hydrogen-bond donors (Lipinski definition) is 1. The zero-order valence-corrected chi connectivity index (χ0v) is 13.1. The minimum absolute atomic E-state index is 0.0190. The molecule has 0 aliphatic carbocycles. The van der Waals surface area contributed by atoms with Crippen molar-refractivity contribution < 1.29 is 13.2 Å². The summed E-state index contributed by atoms with van der Waals surface area (Å²) in [5, 5.41) is 11.4. The molecule has 2 aromatic rings. The highest BCUT2D eigenvalue weighted by Gasteiger charge is 2.32. The second kappa shape index (κ2) is 5.99. The van der Waals surface area contributed by atoms with Gasteiger partial charge in [0, 0.05) is 31.6 Å². The number of alkyl halides is 3. The van der Waals surface area contributed by atoms with E-state index in [1.54, 1.807) is 0 Å². The van der Waals surface area contributed by atoms with Crippen molar-refractivity contribution in [1.82, 2.24) is 19.7 Å². The van der Waals surface area contributed by atoms with Crippen LogP contribution in [-0.4, -0.2) is 25.8 Å². The van der Waals surface area contributed by atoms with Gasteiger partial charge in [-0.05, 0) is 12.5 Å². The van der Waals surface area contributed by atoms with E-state index in [2.05, 4.69) is 20.5 Å². The summed E-state index contributed by atoms with van der Waals surface area (Å²) in [6, 6.07) is 0.909. The van der Waals surface area contributed by atoms with Crippen molar-refractivity contribution in [3.05, 3.63) is 34.5 Å². The topological polar surface area (TPSA) is 55.6 Å². The molecule has 9 heteroatoms. The van der Waals surface area contributed by atoms with Crippen LogP contribution in [0.3, 0.4) is 0 Å². The first-order valence-electron chi connectivity index (χ1n) is 7.28. The molecule has 1 aliphatic heterocycles. The molecule has 0 radical (unpaired) electrons. The Kier molecular flexibility index (Phi) is 4.18. The van der Waals surface area contributed by atoms with Crippen LogP contribution in [0.15, 0.2) is 12.3 Å². The van der Waals surface area contributed by atoms with Gasteiger partial charge >= 0.3 is 6.18 Å². The van der Waals surface area contributed by atoms with Crippen LogP contribution in [0, 0.1) is 0 Å². The van der Waals surface area contributed by atoms with Crippen molar-refractivity contribution in [2.45, 2.75) is 44.9 Å². The Morgan fingerprint density at radius 2 is 2.17 bits per heavy atom. The molecule has 0 unspecified atom stereocenters. The number of pyridine rings is 1. The van der Waals surface area contributed by atoms with Gasteiger partial charge in [-0.25, -0.2) is 4.98 Å². The third-order valence-electron chi connectivity index (χ3n) is 3.85. The smallest absolute Gasteiger partial charge is 0.364 e. The lowest BCUT2D eigenvalue weighted by atomic mass is 10.1.